The molecule has 1 rings (SSSR count). The summed E-state index contributed by atoms with van der Waals surface area (Å²) in [7, 11) is 1.27. The van der Waals surface area contributed by atoms with Crippen LogP contribution in [0.25, 0.3) is 0 Å². The van der Waals surface area contributed by atoms with Crippen LogP contribution in [0.5, 0.6) is 0 Å². The van der Waals surface area contributed by atoms with E-state index in [2.05, 4.69) is 22.7 Å². The van der Waals surface area contributed by atoms with Crippen molar-refractivity contribution in [1.29, 1.82) is 0 Å². The lowest BCUT2D eigenvalue weighted by Gasteiger charge is -2.13. The van der Waals surface area contributed by atoms with Crippen molar-refractivity contribution in [2.24, 2.45) is 0 Å². The highest BCUT2D eigenvalue weighted by Gasteiger charge is 2.20. The van der Waals surface area contributed by atoms with Gasteiger partial charge >= 0.3 is 5.97 Å². The van der Waals surface area contributed by atoms with Gasteiger partial charge in [-0.3, -0.25) is 4.79 Å². The summed E-state index contributed by atoms with van der Waals surface area (Å²) in [6, 6.07) is 7.93. The number of hydrogen-bond acceptors (Lipinski definition) is 4. The van der Waals surface area contributed by atoms with Gasteiger partial charge in [0.25, 0.3) is 5.91 Å². The molecule has 0 aromatic heterocycles. The SMILES string of the molecule is COC(=O)C(CS)NC(=O)c1ccccc1. The normalized spacial score (nSPS) is 11.6. The lowest BCUT2D eigenvalue weighted by molar-refractivity contribution is -0.142. The molecule has 0 saturated carbocycles. The molecule has 0 aliphatic carbocycles. The van der Waals surface area contributed by atoms with E-state index in [4.69, 9.17) is 0 Å². The van der Waals surface area contributed by atoms with Crippen LogP contribution in [0.4, 0.5) is 0 Å². The number of benzene rings is 1. The van der Waals surface area contributed by atoms with Crippen molar-refractivity contribution in [2.45, 2.75) is 6.04 Å². The number of esters is 1. The first-order valence-electron chi connectivity index (χ1n) is 4.73. The van der Waals surface area contributed by atoms with Crippen molar-refractivity contribution in [3.8, 4) is 0 Å². The molecule has 1 unspecified atom stereocenters. The number of amides is 1. The second-order valence-electron chi connectivity index (χ2n) is 3.10. The Bertz CT molecular complexity index is 367. The first-order valence-corrected chi connectivity index (χ1v) is 5.37. The Morgan fingerprint density at radius 2 is 2.00 bits per heavy atom. The Hall–Kier alpha value is -1.49. The molecule has 4 nitrogen and oxygen atoms in total. The highest BCUT2D eigenvalue weighted by Crippen LogP contribution is 2.00. The van der Waals surface area contributed by atoms with E-state index < -0.39 is 12.0 Å². The highest BCUT2D eigenvalue weighted by atomic mass is 32.1. The van der Waals surface area contributed by atoms with Gasteiger partial charge in [0, 0.05) is 11.3 Å². The van der Waals surface area contributed by atoms with Crippen molar-refractivity contribution in [1.82, 2.24) is 5.32 Å². The molecule has 16 heavy (non-hydrogen) atoms. The van der Waals surface area contributed by atoms with Gasteiger partial charge in [0.15, 0.2) is 0 Å². The smallest absolute Gasteiger partial charge is 0.329 e. The molecule has 1 aromatic carbocycles. The summed E-state index contributed by atoms with van der Waals surface area (Å²) in [5, 5.41) is 2.54. The van der Waals surface area contributed by atoms with Crippen LogP contribution in [0, 0.1) is 0 Å². The molecule has 0 fully saturated rings. The summed E-state index contributed by atoms with van der Waals surface area (Å²) in [6.07, 6.45) is 0. The van der Waals surface area contributed by atoms with Gasteiger partial charge in [-0.25, -0.2) is 4.79 Å². The summed E-state index contributed by atoms with van der Waals surface area (Å²) < 4.78 is 4.54. The van der Waals surface area contributed by atoms with E-state index in [1.54, 1.807) is 24.3 Å². The molecule has 1 amide bonds. The Morgan fingerprint density at radius 3 is 2.50 bits per heavy atom. The average molecular weight is 239 g/mol. The Morgan fingerprint density at radius 1 is 1.38 bits per heavy atom. The Balaban J connectivity index is 2.66. The summed E-state index contributed by atoms with van der Waals surface area (Å²) >= 11 is 3.98. The highest BCUT2D eigenvalue weighted by molar-refractivity contribution is 7.80. The predicted octanol–water partition coefficient (Wildman–Crippen LogP) is 0.888. The Kier molecular flexibility index (Phi) is 4.85. The van der Waals surface area contributed by atoms with E-state index in [1.165, 1.54) is 7.11 Å². The third-order valence-electron chi connectivity index (χ3n) is 2.01. The summed E-state index contributed by atoms with van der Waals surface area (Å²) in [6.45, 7) is 0. The molecule has 1 N–H and O–H groups in total. The zero-order valence-corrected chi connectivity index (χ0v) is 9.74. The topological polar surface area (TPSA) is 55.4 Å². The first-order chi connectivity index (χ1) is 7.69. The lowest BCUT2D eigenvalue weighted by atomic mass is 10.2. The van der Waals surface area contributed by atoms with Gasteiger partial charge in [0.05, 0.1) is 7.11 Å². The molecule has 0 aliphatic heterocycles. The van der Waals surface area contributed by atoms with E-state index >= 15 is 0 Å². The van der Waals surface area contributed by atoms with E-state index in [9.17, 15) is 9.59 Å². The number of nitrogens with one attached hydrogen (secondary N) is 1. The number of methoxy groups -OCH3 is 1. The molecule has 1 aromatic rings. The molecular weight excluding hydrogens is 226 g/mol. The molecule has 0 radical (unpaired) electrons. The van der Waals surface area contributed by atoms with Gasteiger partial charge < -0.3 is 10.1 Å². The number of hydrogen-bond donors (Lipinski definition) is 2. The van der Waals surface area contributed by atoms with Crippen molar-refractivity contribution in [3.63, 3.8) is 0 Å². The number of thiol groups is 1. The van der Waals surface area contributed by atoms with Gasteiger partial charge in [-0.2, -0.15) is 12.6 Å². The van der Waals surface area contributed by atoms with Crippen LogP contribution >= 0.6 is 12.6 Å². The number of rotatable bonds is 4. The van der Waals surface area contributed by atoms with E-state index in [0.717, 1.165) is 0 Å². The third kappa shape index (κ3) is 3.27. The van der Waals surface area contributed by atoms with Crippen molar-refractivity contribution in [2.75, 3.05) is 12.9 Å². The molecule has 86 valence electrons. The van der Waals surface area contributed by atoms with Crippen molar-refractivity contribution in [3.05, 3.63) is 35.9 Å². The van der Waals surface area contributed by atoms with Gasteiger partial charge in [-0.1, -0.05) is 18.2 Å². The summed E-state index contributed by atoms with van der Waals surface area (Å²) in [5.74, 6) is -0.616. The molecule has 0 saturated heterocycles. The molecule has 5 heteroatoms. The van der Waals surface area contributed by atoms with E-state index in [-0.39, 0.29) is 11.7 Å². The van der Waals surface area contributed by atoms with Crippen molar-refractivity contribution < 1.29 is 14.3 Å². The van der Waals surface area contributed by atoms with E-state index in [1.807, 2.05) is 6.07 Å². The first kappa shape index (κ1) is 12.6. The van der Waals surface area contributed by atoms with Crippen LogP contribution < -0.4 is 5.32 Å². The molecule has 0 heterocycles. The second-order valence-corrected chi connectivity index (χ2v) is 3.46. The average Bonchev–Trinajstić information content (AvgIpc) is 2.35. The third-order valence-corrected chi connectivity index (χ3v) is 2.37. The van der Waals surface area contributed by atoms with Gasteiger partial charge in [-0.05, 0) is 12.1 Å². The summed E-state index contributed by atoms with van der Waals surface area (Å²) in [4.78, 5) is 22.9. The predicted molar refractivity (Wildman–Crippen MR) is 63.6 cm³/mol. The minimum Gasteiger partial charge on any atom is -0.467 e. The zero-order chi connectivity index (χ0) is 12.0. The maximum absolute atomic E-state index is 11.7. The minimum absolute atomic E-state index is 0.200. The van der Waals surface area contributed by atoms with Gasteiger partial charge in [0.1, 0.15) is 6.04 Å². The fourth-order valence-electron chi connectivity index (χ4n) is 1.15. The number of ether oxygens (including phenoxy) is 1. The molecule has 0 bridgehead atoms. The number of carbonyl (C=O) groups excluding carboxylic acids is 2. The molecule has 0 aliphatic rings. The molecule has 1 atom stereocenters. The van der Waals surface area contributed by atoms with Crippen molar-refractivity contribution >= 4 is 24.5 Å². The van der Waals surface area contributed by atoms with E-state index in [0.29, 0.717) is 5.56 Å². The molecule has 0 spiro atoms. The maximum atomic E-state index is 11.7. The minimum atomic E-state index is -0.721. The maximum Gasteiger partial charge on any atom is 0.329 e. The fourth-order valence-corrected chi connectivity index (χ4v) is 1.39. The standard InChI is InChI=1S/C11H13NO3S/c1-15-11(14)9(7-16)12-10(13)8-5-3-2-4-6-8/h2-6,9,16H,7H2,1H3,(H,12,13). The van der Waals surface area contributed by atoms with Crippen LogP contribution in [0.3, 0.4) is 0 Å². The van der Waals surface area contributed by atoms with Crippen LogP contribution in [0.15, 0.2) is 30.3 Å². The lowest BCUT2D eigenvalue weighted by Crippen LogP contribution is -2.42. The Labute approximate surface area is 99.4 Å². The molecular formula is C11H13NO3S. The quantitative estimate of drug-likeness (QED) is 0.606. The summed E-state index contributed by atoms with van der Waals surface area (Å²) in [5.41, 5.74) is 0.498. The monoisotopic (exact) mass is 239 g/mol. The number of carbonyl (C=O) groups is 2. The van der Waals surface area contributed by atoms with Gasteiger partial charge in [0.2, 0.25) is 0 Å². The zero-order valence-electron chi connectivity index (χ0n) is 8.84. The van der Waals surface area contributed by atoms with Gasteiger partial charge in [-0.15, -0.1) is 0 Å². The van der Waals surface area contributed by atoms with Crippen LogP contribution in [0.2, 0.25) is 0 Å². The van der Waals surface area contributed by atoms with Crippen LogP contribution in [0.1, 0.15) is 10.4 Å². The van der Waals surface area contributed by atoms with Crippen LogP contribution in [-0.2, 0) is 9.53 Å². The fraction of sp³-hybridized carbons (Fsp3) is 0.273. The second kappa shape index (κ2) is 6.17. The van der Waals surface area contributed by atoms with Crippen LogP contribution in [-0.4, -0.2) is 30.8 Å². The largest absolute Gasteiger partial charge is 0.467 e.